The van der Waals surface area contributed by atoms with Gasteiger partial charge in [-0.1, -0.05) is 12.7 Å². The smallest absolute Gasteiger partial charge is 0.128 e. The summed E-state index contributed by atoms with van der Waals surface area (Å²) in [4.78, 5) is 4.54. The molecule has 3 rings (SSSR count). The Balaban J connectivity index is 1.60. The number of amidine groups is 1. The maximum Gasteiger partial charge on any atom is 0.128 e. The van der Waals surface area contributed by atoms with Crippen LogP contribution in [-0.2, 0) is 0 Å². The van der Waals surface area contributed by atoms with E-state index in [1.165, 1.54) is 12.1 Å². The van der Waals surface area contributed by atoms with Gasteiger partial charge in [0, 0.05) is 30.4 Å². The first-order chi connectivity index (χ1) is 11.6. The summed E-state index contributed by atoms with van der Waals surface area (Å²) in [5.41, 5.74) is 2.29. The van der Waals surface area contributed by atoms with Crippen LogP contribution in [-0.4, -0.2) is 27.8 Å². The van der Waals surface area contributed by atoms with Gasteiger partial charge in [-0.15, -0.1) is 0 Å². The molecule has 24 heavy (non-hydrogen) atoms. The number of hydrogen-bond acceptors (Lipinski definition) is 5. The Hall–Kier alpha value is -2.27. The van der Waals surface area contributed by atoms with Gasteiger partial charge in [0.25, 0.3) is 0 Å². The molecule has 128 valence electrons. The van der Waals surface area contributed by atoms with Crippen molar-refractivity contribution in [2.45, 2.75) is 32.1 Å². The van der Waals surface area contributed by atoms with Gasteiger partial charge in [-0.3, -0.25) is 0 Å². The van der Waals surface area contributed by atoms with Gasteiger partial charge in [-0.25, -0.2) is 4.99 Å². The highest BCUT2D eigenvalue weighted by Gasteiger charge is 2.23. The lowest BCUT2D eigenvalue weighted by Gasteiger charge is -2.29. The van der Waals surface area contributed by atoms with Crippen LogP contribution in [0.1, 0.15) is 37.7 Å². The molecule has 1 aliphatic heterocycles. The monoisotopic (exact) mass is 328 g/mol. The summed E-state index contributed by atoms with van der Waals surface area (Å²) in [6.07, 6.45) is 6.79. The zero-order valence-electron chi connectivity index (χ0n) is 13.7. The number of phenols is 2. The number of aliphatic hydroxyl groups is 1. The van der Waals surface area contributed by atoms with Gasteiger partial charge in [0.1, 0.15) is 17.3 Å². The maximum atomic E-state index is 9.94. The molecule has 0 saturated heterocycles. The molecule has 0 spiro atoms. The number of rotatable bonds is 4. The molecule has 2 aliphatic rings. The van der Waals surface area contributed by atoms with Crippen molar-refractivity contribution >= 4 is 11.5 Å². The third-order valence-electron chi connectivity index (χ3n) is 4.90. The second kappa shape index (κ2) is 7.09. The van der Waals surface area contributed by atoms with Crippen LogP contribution in [0.3, 0.4) is 0 Å². The van der Waals surface area contributed by atoms with Crippen molar-refractivity contribution in [3.05, 3.63) is 42.1 Å². The number of aromatic hydroxyl groups is 2. The number of aliphatic imine (C=N–C) groups is 1. The Morgan fingerprint density at radius 2 is 1.96 bits per heavy atom. The summed E-state index contributed by atoms with van der Waals surface area (Å²) in [6, 6.07) is 4.51. The zero-order chi connectivity index (χ0) is 17.1. The lowest BCUT2D eigenvalue weighted by Crippen LogP contribution is -2.28. The number of allylic oxidation sites excluding steroid dienone is 1. The molecule has 1 aromatic rings. The Bertz CT molecular complexity index is 686. The van der Waals surface area contributed by atoms with Crippen LogP contribution >= 0.6 is 0 Å². The van der Waals surface area contributed by atoms with E-state index >= 15 is 0 Å². The van der Waals surface area contributed by atoms with Crippen molar-refractivity contribution in [1.29, 1.82) is 0 Å². The van der Waals surface area contributed by atoms with Crippen LogP contribution in [0.5, 0.6) is 11.5 Å². The largest absolute Gasteiger partial charge is 0.508 e. The highest BCUT2D eigenvalue weighted by molar-refractivity contribution is 5.95. The van der Waals surface area contributed by atoms with Crippen molar-refractivity contribution in [2.24, 2.45) is 16.8 Å². The molecule has 1 fully saturated rings. The topological polar surface area (TPSA) is 85.1 Å². The first kappa shape index (κ1) is 16.6. The highest BCUT2D eigenvalue weighted by Crippen LogP contribution is 2.34. The lowest BCUT2D eigenvalue weighted by atomic mass is 9.81. The normalized spacial score (nSPS) is 23.5. The fraction of sp³-hybridized carbons (Fsp3) is 0.421. The fourth-order valence-electron chi connectivity index (χ4n) is 3.40. The molecular formula is C19H24N2O3. The second-order valence-corrected chi connectivity index (χ2v) is 6.60. The van der Waals surface area contributed by atoms with Crippen LogP contribution in [0.4, 0.5) is 0 Å². The molecule has 5 nitrogen and oxygen atoms in total. The van der Waals surface area contributed by atoms with Crippen molar-refractivity contribution in [1.82, 2.24) is 5.32 Å². The third kappa shape index (κ3) is 3.62. The Morgan fingerprint density at radius 1 is 1.21 bits per heavy atom. The fourth-order valence-corrected chi connectivity index (χ4v) is 3.40. The van der Waals surface area contributed by atoms with Gasteiger partial charge in [0.2, 0.25) is 0 Å². The summed E-state index contributed by atoms with van der Waals surface area (Å²) in [5, 5.41) is 31.9. The zero-order valence-corrected chi connectivity index (χ0v) is 13.7. The van der Waals surface area contributed by atoms with E-state index in [1.807, 2.05) is 6.08 Å². The van der Waals surface area contributed by atoms with Gasteiger partial charge < -0.3 is 20.6 Å². The molecule has 0 bridgehead atoms. The van der Waals surface area contributed by atoms with E-state index in [0.29, 0.717) is 29.5 Å². The Morgan fingerprint density at radius 3 is 2.62 bits per heavy atom. The van der Waals surface area contributed by atoms with Gasteiger partial charge in [0.15, 0.2) is 0 Å². The molecule has 1 heterocycles. The number of hydrogen-bond donors (Lipinski definition) is 4. The Labute approximate surface area is 142 Å². The van der Waals surface area contributed by atoms with Crippen LogP contribution in [0.25, 0.3) is 5.70 Å². The molecule has 1 aromatic carbocycles. The van der Waals surface area contributed by atoms with E-state index in [9.17, 15) is 15.3 Å². The van der Waals surface area contributed by atoms with Crippen molar-refractivity contribution < 1.29 is 15.3 Å². The minimum atomic E-state index is 0.0207. The maximum absolute atomic E-state index is 9.94. The van der Waals surface area contributed by atoms with Crippen molar-refractivity contribution in [3.63, 3.8) is 0 Å². The van der Waals surface area contributed by atoms with Crippen LogP contribution in [0.15, 0.2) is 41.5 Å². The third-order valence-corrected chi connectivity index (χ3v) is 4.90. The molecule has 4 N–H and O–H groups in total. The summed E-state index contributed by atoms with van der Waals surface area (Å²) >= 11 is 0. The van der Waals surface area contributed by atoms with Crippen molar-refractivity contribution in [3.8, 4) is 11.5 Å². The number of benzene rings is 1. The molecule has 1 aliphatic carbocycles. The van der Waals surface area contributed by atoms with E-state index < -0.39 is 0 Å². The number of nitrogens with zero attached hydrogens (tertiary/aromatic N) is 1. The Kier molecular flexibility index (Phi) is 4.90. The molecule has 0 unspecified atom stereocenters. The lowest BCUT2D eigenvalue weighted by molar-refractivity contribution is 0.174. The molecular weight excluding hydrogens is 304 g/mol. The summed E-state index contributed by atoms with van der Waals surface area (Å²) in [5.74, 6) is 1.73. The van der Waals surface area contributed by atoms with E-state index in [1.54, 1.807) is 6.07 Å². The predicted molar refractivity (Wildman–Crippen MR) is 94.6 cm³/mol. The number of phenolic OH excluding ortho intramolecular Hbond substituents is 2. The van der Waals surface area contributed by atoms with Gasteiger partial charge in [0.05, 0.1) is 5.70 Å². The SMILES string of the molecule is C=C(NC1=NC(c2ccc(O)cc2O)=CC1)C1CCC(CO)CC1. The summed E-state index contributed by atoms with van der Waals surface area (Å²) in [6.45, 7) is 4.44. The van der Waals surface area contributed by atoms with E-state index in [4.69, 9.17) is 0 Å². The quantitative estimate of drug-likeness (QED) is 0.684. The molecule has 0 amide bonds. The predicted octanol–water partition coefficient (Wildman–Crippen LogP) is 3.14. The van der Waals surface area contributed by atoms with Crippen LogP contribution < -0.4 is 5.32 Å². The van der Waals surface area contributed by atoms with Crippen LogP contribution in [0, 0.1) is 11.8 Å². The first-order valence-corrected chi connectivity index (χ1v) is 8.43. The molecule has 0 aromatic heterocycles. The van der Waals surface area contributed by atoms with E-state index in [0.717, 1.165) is 37.2 Å². The van der Waals surface area contributed by atoms with Gasteiger partial charge in [-0.2, -0.15) is 0 Å². The minimum absolute atomic E-state index is 0.0207. The van der Waals surface area contributed by atoms with E-state index in [2.05, 4.69) is 16.9 Å². The van der Waals surface area contributed by atoms with Crippen LogP contribution in [0.2, 0.25) is 0 Å². The standard InChI is InChI=1S/C19H24N2O3/c1-12(14-4-2-13(11-22)3-5-14)20-19-9-8-17(21-19)16-7-6-15(23)10-18(16)24/h6-8,10,13-14,22-24H,1-5,9,11H2,(H,20,21). The number of aliphatic hydroxyl groups excluding tert-OH is 1. The number of nitrogens with one attached hydrogen (secondary N) is 1. The second-order valence-electron chi connectivity index (χ2n) is 6.60. The highest BCUT2D eigenvalue weighted by atomic mass is 16.3. The minimum Gasteiger partial charge on any atom is -0.508 e. The molecule has 5 heteroatoms. The summed E-state index contributed by atoms with van der Waals surface area (Å²) < 4.78 is 0. The average molecular weight is 328 g/mol. The average Bonchev–Trinajstić information content (AvgIpc) is 3.03. The summed E-state index contributed by atoms with van der Waals surface area (Å²) in [7, 11) is 0. The van der Waals surface area contributed by atoms with Gasteiger partial charge in [-0.05, 0) is 49.7 Å². The molecule has 0 radical (unpaired) electrons. The first-order valence-electron chi connectivity index (χ1n) is 8.43. The van der Waals surface area contributed by atoms with E-state index in [-0.39, 0.29) is 18.1 Å². The molecule has 1 saturated carbocycles. The van der Waals surface area contributed by atoms with Crippen molar-refractivity contribution in [2.75, 3.05) is 6.61 Å². The molecule has 0 atom stereocenters. The van der Waals surface area contributed by atoms with Gasteiger partial charge >= 0.3 is 0 Å².